The summed E-state index contributed by atoms with van der Waals surface area (Å²) in [6, 6.07) is 6.25. The third-order valence-corrected chi connectivity index (χ3v) is 5.53. The highest BCUT2D eigenvalue weighted by molar-refractivity contribution is 5.77. The molecule has 2 aliphatic rings. The summed E-state index contributed by atoms with van der Waals surface area (Å²) in [7, 11) is 1.64. The van der Waals surface area contributed by atoms with E-state index in [4.69, 9.17) is 23.7 Å². The summed E-state index contributed by atoms with van der Waals surface area (Å²) in [6.45, 7) is 7.72. The van der Waals surface area contributed by atoms with E-state index in [1.807, 2.05) is 23.1 Å². The number of hydrogen-bond donors (Lipinski definition) is 0. The molecule has 0 aliphatic carbocycles. The Labute approximate surface area is 179 Å². The van der Waals surface area contributed by atoms with E-state index in [1.165, 1.54) is 6.42 Å². The van der Waals surface area contributed by atoms with E-state index in [-0.39, 0.29) is 19.3 Å². The van der Waals surface area contributed by atoms with Gasteiger partial charge in [0.1, 0.15) is 6.61 Å². The van der Waals surface area contributed by atoms with Crippen molar-refractivity contribution in [2.24, 2.45) is 0 Å². The third kappa shape index (κ3) is 6.57. The van der Waals surface area contributed by atoms with Gasteiger partial charge in [-0.15, -0.1) is 0 Å². The molecule has 2 aliphatic heterocycles. The topological polar surface area (TPSA) is 69.7 Å². The predicted molar refractivity (Wildman–Crippen MR) is 112 cm³/mol. The minimum atomic E-state index is -0.00693. The zero-order valence-corrected chi connectivity index (χ0v) is 18.1. The highest BCUT2D eigenvalue weighted by Crippen LogP contribution is 2.33. The molecule has 0 N–H and O–H groups in total. The van der Waals surface area contributed by atoms with Crippen LogP contribution in [0.1, 0.15) is 25.3 Å². The lowest BCUT2D eigenvalue weighted by Crippen LogP contribution is -2.44. The number of likely N-dealkylation sites (tertiary alicyclic amines) is 1. The number of carbonyl (C=O) groups excluding carboxylic acids is 1. The summed E-state index contributed by atoms with van der Waals surface area (Å²) in [5.41, 5.74) is 1.02. The van der Waals surface area contributed by atoms with Crippen molar-refractivity contribution in [1.82, 2.24) is 9.80 Å². The number of amides is 1. The monoisotopic (exact) mass is 422 g/mol. The molecule has 30 heavy (non-hydrogen) atoms. The van der Waals surface area contributed by atoms with Crippen LogP contribution in [0.5, 0.6) is 11.5 Å². The van der Waals surface area contributed by atoms with Crippen LogP contribution in [0.2, 0.25) is 0 Å². The molecule has 8 nitrogen and oxygen atoms in total. The Kier molecular flexibility index (Phi) is 9.20. The fraction of sp³-hybridized carbons (Fsp3) is 0.682. The van der Waals surface area contributed by atoms with Gasteiger partial charge < -0.3 is 28.6 Å². The fourth-order valence-electron chi connectivity index (χ4n) is 3.90. The van der Waals surface area contributed by atoms with E-state index in [0.29, 0.717) is 45.6 Å². The zero-order chi connectivity index (χ0) is 21.2. The maximum Gasteiger partial charge on any atom is 0.248 e. The van der Waals surface area contributed by atoms with Gasteiger partial charge in [-0.2, -0.15) is 0 Å². The van der Waals surface area contributed by atoms with Gasteiger partial charge >= 0.3 is 0 Å². The molecule has 0 bridgehead atoms. The zero-order valence-electron chi connectivity index (χ0n) is 18.1. The summed E-state index contributed by atoms with van der Waals surface area (Å²) in [6.07, 6.45) is 2.30. The highest BCUT2D eigenvalue weighted by Gasteiger charge is 2.27. The quantitative estimate of drug-likeness (QED) is 0.450. The summed E-state index contributed by atoms with van der Waals surface area (Å²) < 4.78 is 26.8. The van der Waals surface area contributed by atoms with Crippen molar-refractivity contribution in [3.63, 3.8) is 0 Å². The molecule has 0 aromatic heterocycles. The minimum absolute atomic E-state index is 0.00693. The van der Waals surface area contributed by atoms with Gasteiger partial charge in [-0.05, 0) is 43.6 Å². The van der Waals surface area contributed by atoms with Crippen LogP contribution in [0.3, 0.4) is 0 Å². The first kappa shape index (κ1) is 22.8. The van der Waals surface area contributed by atoms with E-state index in [0.717, 1.165) is 36.6 Å². The molecule has 0 saturated carbocycles. The SMILES string of the molecule is CCN1CCC[C@@H]1CN(Cc1ccc2c(c1)OCO2)C(=O)COCCOCCOC. The molecular formula is C22H34N2O6. The highest BCUT2D eigenvalue weighted by atomic mass is 16.7. The standard InChI is InChI=1S/C22H34N2O6/c1-3-23-8-4-5-19(23)15-24(22(25)16-28-12-11-27-10-9-26-2)14-18-6-7-20-21(13-18)30-17-29-20/h6-7,13,19H,3-5,8-12,14-17H2,1-2H3/t19-/m1/s1. The maximum atomic E-state index is 13.0. The van der Waals surface area contributed by atoms with Crippen molar-refractivity contribution in [1.29, 1.82) is 0 Å². The first-order valence-corrected chi connectivity index (χ1v) is 10.8. The van der Waals surface area contributed by atoms with Crippen LogP contribution in [0.25, 0.3) is 0 Å². The molecule has 0 spiro atoms. The largest absolute Gasteiger partial charge is 0.454 e. The molecular weight excluding hydrogens is 388 g/mol. The van der Waals surface area contributed by atoms with Gasteiger partial charge in [0, 0.05) is 26.2 Å². The molecule has 1 amide bonds. The summed E-state index contributed by atoms with van der Waals surface area (Å²) >= 11 is 0. The van der Waals surface area contributed by atoms with Crippen molar-refractivity contribution in [3.05, 3.63) is 23.8 Å². The lowest BCUT2D eigenvalue weighted by atomic mass is 10.1. The first-order valence-electron chi connectivity index (χ1n) is 10.8. The number of likely N-dealkylation sites (N-methyl/N-ethyl adjacent to an activating group) is 1. The van der Waals surface area contributed by atoms with Gasteiger partial charge in [0.25, 0.3) is 0 Å². The van der Waals surface area contributed by atoms with Gasteiger partial charge in [0.15, 0.2) is 11.5 Å². The lowest BCUT2D eigenvalue weighted by molar-refractivity contribution is -0.138. The van der Waals surface area contributed by atoms with Crippen molar-refractivity contribution in [2.45, 2.75) is 32.4 Å². The number of rotatable bonds is 13. The van der Waals surface area contributed by atoms with Crippen molar-refractivity contribution in [3.8, 4) is 11.5 Å². The Bertz CT molecular complexity index is 671. The van der Waals surface area contributed by atoms with Gasteiger partial charge in [0.05, 0.1) is 26.4 Å². The summed E-state index contributed by atoms with van der Waals surface area (Å²) in [5, 5.41) is 0. The minimum Gasteiger partial charge on any atom is -0.454 e. The fourth-order valence-corrected chi connectivity index (χ4v) is 3.90. The Hall–Kier alpha value is -1.87. The Morgan fingerprint density at radius 3 is 2.80 bits per heavy atom. The molecule has 1 atom stereocenters. The van der Waals surface area contributed by atoms with E-state index in [2.05, 4.69) is 11.8 Å². The Balaban J connectivity index is 1.55. The van der Waals surface area contributed by atoms with Crippen LogP contribution in [-0.2, 0) is 25.5 Å². The molecule has 8 heteroatoms. The van der Waals surface area contributed by atoms with Gasteiger partial charge in [-0.1, -0.05) is 13.0 Å². The second kappa shape index (κ2) is 12.1. The summed E-state index contributed by atoms with van der Waals surface area (Å²) in [5.74, 6) is 1.48. The van der Waals surface area contributed by atoms with Crippen LogP contribution in [0.4, 0.5) is 0 Å². The molecule has 1 fully saturated rings. The molecule has 1 saturated heterocycles. The van der Waals surface area contributed by atoms with Crippen molar-refractivity contribution >= 4 is 5.91 Å². The first-order chi connectivity index (χ1) is 14.7. The Morgan fingerprint density at radius 2 is 1.97 bits per heavy atom. The predicted octanol–water partition coefficient (Wildman–Crippen LogP) is 1.91. The smallest absolute Gasteiger partial charge is 0.248 e. The third-order valence-electron chi connectivity index (χ3n) is 5.53. The number of hydrogen-bond acceptors (Lipinski definition) is 7. The number of nitrogens with zero attached hydrogens (tertiary/aromatic N) is 2. The van der Waals surface area contributed by atoms with E-state index in [9.17, 15) is 4.79 Å². The number of fused-ring (bicyclic) bond motifs is 1. The molecule has 0 radical (unpaired) electrons. The van der Waals surface area contributed by atoms with Gasteiger partial charge in [0.2, 0.25) is 12.7 Å². The molecule has 0 unspecified atom stereocenters. The van der Waals surface area contributed by atoms with Gasteiger partial charge in [-0.25, -0.2) is 0 Å². The molecule has 3 rings (SSSR count). The van der Waals surface area contributed by atoms with E-state index >= 15 is 0 Å². The van der Waals surface area contributed by atoms with Gasteiger partial charge in [-0.3, -0.25) is 9.69 Å². The second-order valence-corrected chi connectivity index (χ2v) is 7.54. The maximum absolute atomic E-state index is 13.0. The average molecular weight is 423 g/mol. The number of ether oxygens (including phenoxy) is 5. The van der Waals surface area contributed by atoms with E-state index in [1.54, 1.807) is 7.11 Å². The number of methoxy groups -OCH3 is 1. The average Bonchev–Trinajstić information content (AvgIpc) is 3.41. The van der Waals surface area contributed by atoms with Crippen LogP contribution in [-0.4, -0.2) is 88.3 Å². The second-order valence-electron chi connectivity index (χ2n) is 7.54. The molecule has 2 heterocycles. The van der Waals surface area contributed by atoms with Crippen LogP contribution in [0.15, 0.2) is 18.2 Å². The van der Waals surface area contributed by atoms with Crippen LogP contribution >= 0.6 is 0 Å². The number of benzene rings is 1. The lowest BCUT2D eigenvalue weighted by Gasteiger charge is -2.30. The Morgan fingerprint density at radius 1 is 1.17 bits per heavy atom. The molecule has 1 aromatic rings. The molecule has 168 valence electrons. The van der Waals surface area contributed by atoms with Crippen LogP contribution < -0.4 is 9.47 Å². The summed E-state index contributed by atoms with van der Waals surface area (Å²) in [4.78, 5) is 17.3. The van der Waals surface area contributed by atoms with Crippen molar-refractivity contribution in [2.75, 3.05) is 66.6 Å². The number of carbonyl (C=O) groups is 1. The normalized spacial score (nSPS) is 18.1. The molecule has 1 aromatic carbocycles. The van der Waals surface area contributed by atoms with Crippen molar-refractivity contribution < 1.29 is 28.5 Å². The van der Waals surface area contributed by atoms with E-state index < -0.39 is 0 Å². The van der Waals surface area contributed by atoms with Crippen LogP contribution in [0, 0.1) is 0 Å².